The fourth-order valence-electron chi connectivity index (χ4n) is 2.50. The molecule has 1 aromatic rings. The molecule has 2 rings (SSSR count). The van der Waals surface area contributed by atoms with Gasteiger partial charge in [0.2, 0.25) is 10.0 Å². The van der Waals surface area contributed by atoms with Gasteiger partial charge in [0.1, 0.15) is 4.90 Å². The maximum absolute atomic E-state index is 12.5. The van der Waals surface area contributed by atoms with Crippen LogP contribution in [0.1, 0.15) is 33.8 Å². The third kappa shape index (κ3) is 2.69. The Labute approximate surface area is 123 Å². The third-order valence-electron chi connectivity index (χ3n) is 3.53. The minimum absolute atomic E-state index is 0. The first-order valence-corrected chi connectivity index (χ1v) is 7.92. The predicted molar refractivity (Wildman–Crippen MR) is 84.8 cm³/mol. The van der Waals surface area contributed by atoms with Gasteiger partial charge in [0.25, 0.3) is 0 Å². The largest absolute Gasteiger partial charge is 0.365 e. The van der Waals surface area contributed by atoms with Crippen molar-refractivity contribution in [2.45, 2.75) is 45.1 Å². The van der Waals surface area contributed by atoms with Crippen molar-refractivity contribution in [3.63, 3.8) is 0 Å². The third-order valence-corrected chi connectivity index (χ3v) is 5.37. The van der Waals surface area contributed by atoms with E-state index in [9.17, 15) is 8.42 Å². The molecule has 0 fully saturated rings. The Hall–Kier alpha value is -1.07. The molecule has 1 aromatic carbocycles. The van der Waals surface area contributed by atoms with Crippen LogP contribution < -0.4 is 4.90 Å². The molecular formula is C15H26N2O2S. The van der Waals surface area contributed by atoms with Gasteiger partial charge >= 0.3 is 0 Å². The first-order valence-electron chi connectivity index (χ1n) is 6.48. The summed E-state index contributed by atoms with van der Waals surface area (Å²) in [6.07, 6.45) is 0.906. The molecule has 1 aliphatic heterocycles. The summed E-state index contributed by atoms with van der Waals surface area (Å²) >= 11 is 0. The highest BCUT2D eigenvalue weighted by atomic mass is 32.2. The molecule has 0 spiro atoms. The van der Waals surface area contributed by atoms with Crippen LogP contribution in [-0.2, 0) is 16.4 Å². The Morgan fingerprint density at radius 2 is 1.80 bits per heavy atom. The molecule has 0 radical (unpaired) electrons. The van der Waals surface area contributed by atoms with Gasteiger partial charge in [-0.25, -0.2) is 12.7 Å². The SMILES string of the molecule is C.CN(C)S(=O)(=O)c1cccc2c1N(C(C)(C)C)CC2. The number of hydrogen-bond donors (Lipinski definition) is 0. The van der Waals surface area contributed by atoms with Crippen molar-refractivity contribution in [1.29, 1.82) is 0 Å². The monoisotopic (exact) mass is 298 g/mol. The van der Waals surface area contributed by atoms with Crippen molar-refractivity contribution < 1.29 is 8.42 Å². The number of nitrogens with zero attached hydrogens (tertiary/aromatic N) is 2. The number of para-hydroxylation sites is 1. The molecule has 114 valence electrons. The van der Waals surface area contributed by atoms with E-state index in [0.29, 0.717) is 4.90 Å². The van der Waals surface area contributed by atoms with Crippen molar-refractivity contribution >= 4 is 15.7 Å². The van der Waals surface area contributed by atoms with Gasteiger partial charge in [0.15, 0.2) is 0 Å². The standard InChI is InChI=1S/C14H22N2O2S.CH4/c1-14(2,3)16-10-9-11-7-6-8-12(13(11)16)19(17,18)15(4)5;/h6-8H,9-10H2,1-5H3;1H4. The van der Waals surface area contributed by atoms with Gasteiger partial charge < -0.3 is 4.90 Å². The average molecular weight is 298 g/mol. The van der Waals surface area contributed by atoms with E-state index in [-0.39, 0.29) is 13.0 Å². The fraction of sp³-hybridized carbons (Fsp3) is 0.600. The second-order valence-corrected chi connectivity index (χ2v) is 8.24. The van der Waals surface area contributed by atoms with Crippen LogP contribution in [0.2, 0.25) is 0 Å². The summed E-state index contributed by atoms with van der Waals surface area (Å²) in [4.78, 5) is 2.61. The smallest absolute Gasteiger partial charge is 0.244 e. The Bertz CT molecular complexity index is 586. The van der Waals surface area contributed by atoms with Crippen molar-refractivity contribution in [3.8, 4) is 0 Å². The molecule has 0 bridgehead atoms. The number of rotatable bonds is 2. The number of benzene rings is 1. The molecule has 5 heteroatoms. The average Bonchev–Trinajstić information content (AvgIpc) is 2.71. The minimum Gasteiger partial charge on any atom is -0.365 e. The van der Waals surface area contributed by atoms with Crippen LogP contribution in [0, 0.1) is 0 Å². The summed E-state index contributed by atoms with van der Waals surface area (Å²) < 4.78 is 26.2. The number of hydrogen-bond acceptors (Lipinski definition) is 3. The molecule has 0 saturated carbocycles. The zero-order valence-electron chi connectivity index (χ0n) is 12.3. The molecule has 4 nitrogen and oxygen atoms in total. The highest BCUT2D eigenvalue weighted by Gasteiger charge is 2.34. The Kier molecular flexibility index (Phi) is 4.56. The molecule has 0 N–H and O–H groups in total. The lowest BCUT2D eigenvalue weighted by molar-refractivity contribution is 0.507. The maximum atomic E-state index is 12.5. The maximum Gasteiger partial charge on any atom is 0.244 e. The lowest BCUT2D eigenvalue weighted by Gasteiger charge is -2.35. The molecule has 0 aliphatic carbocycles. The molecule has 0 aromatic heterocycles. The van der Waals surface area contributed by atoms with Gasteiger partial charge in [-0.2, -0.15) is 0 Å². The summed E-state index contributed by atoms with van der Waals surface area (Å²) in [5.74, 6) is 0. The summed E-state index contributed by atoms with van der Waals surface area (Å²) in [7, 11) is -0.255. The summed E-state index contributed by atoms with van der Waals surface area (Å²) in [5.41, 5.74) is 1.92. The van der Waals surface area contributed by atoms with E-state index < -0.39 is 10.0 Å². The van der Waals surface area contributed by atoms with Crippen LogP contribution in [-0.4, -0.2) is 38.9 Å². The topological polar surface area (TPSA) is 40.6 Å². The predicted octanol–water partition coefficient (Wildman–Crippen LogP) is 2.73. The molecule has 1 aliphatic rings. The lowest BCUT2D eigenvalue weighted by Crippen LogP contribution is -2.41. The zero-order valence-corrected chi connectivity index (χ0v) is 13.1. The Balaban J connectivity index is 0.00000200. The fourth-order valence-corrected chi connectivity index (χ4v) is 3.63. The summed E-state index contributed by atoms with van der Waals surface area (Å²) in [6.45, 7) is 7.21. The van der Waals surface area contributed by atoms with E-state index in [1.54, 1.807) is 20.2 Å². The first-order chi connectivity index (χ1) is 8.65. The zero-order chi connectivity index (χ0) is 14.4. The lowest BCUT2D eigenvalue weighted by atomic mass is 10.1. The Morgan fingerprint density at radius 3 is 2.30 bits per heavy atom. The summed E-state index contributed by atoms with van der Waals surface area (Å²) in [5, 5.41) is 0. The van der Waals surface area contributed by atoms with Crippen molar-refractivity contribution in [2.24, 2.45) is 0 Å². The normalized spacial score (nSPS) is 15.2. The molecule has 0 atom stereocenters. The molecule has 0 unspecified atom stereocenters. The van der Waals surface area contributed by atoms with Crippen LogP contribution in [0.15, 0.2) is 23.1 Å². The molecule has 0 saturated heterocycles. The molecule has 0 amide bonds. The second kappa shape index (κ2) is 5.37. The van der Waals surface area contributed by atoms with E-state index in [4.69, 9.17) is 0 Å². The van der Waals surface area contributed by atoms with Crippen molar-refractivity contribution in [2.75, 3.05) is 25.5 Å². The quantitative estimate of drug-likeness (QED) is 0.843. The van der Waals surface area contributed by atoms with E-state index in [1.165, 1.54) is 4.31 Å². The van der Waals surface area contributed by atoms with Crippen LogP contribution >= 0.6 is 0 Å². The van der Waals surface area contributed by atoms with E-state index >= 15 is 0 Å². The van der Waals surface area contributed by atoms with Crippen LogP contribution in [0.25, 0.3) is 0 Å². The Morgan fingerprint density at radius 1 is 1.20 bits per heavy atom. The van der Waals surface area contributed by atoms with Crippen LogP contribution in [0.5, 0.6) is 0 Å². The highest BCUT2D eigenvalue weighted by Crippen LogP contribution is 2.39. The molecular weight excluding hydrogens is 272 g/mol. The number of anilines is 1. The van der Waals surface area contributed by atoms with Gasteiger partial charge in [-0.3, -0.25) is 0 Å². The number of sulfonamides is 1. The molecule has 1 heterocycles. The van der Waals surface area contributed by atoms with Gasteiger partial charge in [0, 0.05) is 26.2 Å². The van der Waals surface area contributed by atoms with Crippen LogP contribution in [0.4, 0.5) is 5.69 Å². The van der Waals surface area contributed by atoms with Gasteiger partial charge in [-0.1, -0.05) is 19.6 Å². The van der Waals surface area contributed by atoms with Gasteiger partial charge in [-0.05, 0) is 38.8 Å². The van der Waals surface area contributed by atoms with Crippen molar-refractivity contribution in [1.82, 2.24) is 4.31 Å². The van der Waals surface area contributed by atoms with Gasteiger partial charge in [0.05, 0.1) is 5.69 Å². The minimum atomic E-state index is -3.40. The summed E-state index contributed by atoms with van der Waals surface area (Å²) in [6, 6.07) is 5.56. The second-order valence-electron chi connectivity index (χ2n) is 6.12. The first kappa shape index (κ1) is 17.0. The number of fused-ring (bicyclic) bond motifs is 1. The van der Waals surface area contributed by atoms with E-state index in [1.807, 2.05) is 12.1 Å². The van der Waals surface area contributed by atoms with E-state index in [0.717, 1.165) is 24.2 Å². The highest BCUT2D eigenvalue weighted by molar-refractivity contribution is 7.89. The van der Waals surface area contributed by atoms with Gasteiger partial charge in [-0.15, -0.1) is 0 Å². The van der Waals surface area contributed by atoms with Crippen LogP contribution in [0.3, 0.4) is 0 Å². The van der Waals surface area contributed by atoms with Crippen molar-refractivity contribution in [3.05, 3.63) is 23.8 Å². The molecule has 20 heavy (non-hydrogen) atoms. The van der Waals surface area contributed by atoms with E-state index in [2.05, 4.69) is 25.7 Å².